The zero-order chi connectivity index (χ0) is 12.4. The van der Waals surface area contributed by atoms with Gasteiger partial charge in [0.05, 0.1) is 6.54 Å². The maximum Gasteiger partial charge on any atom is 0.316 e. The molecule has 5 nitrogen and oxygen atoms in total. The number of hydrogen-bond donors (Lipinski definition) is 0. The molecule has 0 aliphatic heterocycles. The maximum atomic E-state index is 11.7. The van der Waals surface area contributed by atoms with E-state index in [0.717, 1.165) is 10.0 Å². The van der Waals surface area contributed by atoms with Crippen LogP contribution in [0, 0.1) is 0 Å². The summed E-state index contributed by atoms with van der Waals surface area (Å²) in [5.41, 5.74) is -0.208. The lowest BCUT2D eigenvalue weighted by Gasteiger charge is -2.06. The molecule has 6 heteroatoms. The molecule has 0 bridgehead atoms. The highest BCUT2D eigenvalue weighted by Gasteiger charge is 2.03. The molecular formula is C11H10BrN3O2. The molecule has 0 N–H and O–H groups in total. The van der Waals surface area contributed by atoms with E-state index in [4.69, 9.17) is 0 Å². The molecule has 17 heavy (non-hydrogen) atoms. The van der Waals surface area contributed by atoms with Crippen molar-refractivity contribution in [3.05, 3.63) is 61.6 Å². The van der Waals surface area contributed by atoms with Gasteiger partial charge in [-0.15, -0.1) is 0 Å². The van der Waals surface area contributed by atoms with E-state index >= 15 is 0 Å². The zero-order valence-electron chi connectivity index (χ0n) is 9.13. The van der Waals surface area contributed by atoms with E-state index in [1.807, 2.05) is 6.07 Å². The first-order valence-corrected chi connectivity index (χ1v) is 5.73. The summed E-state index contributed by atoms with van der Waals surface area (Å²) in [6.45, 7) is 0.335. The minimum atomic E-state index is -0.532. The molecule has 0 saturated heterocycles. The van der Waals surface area contributed by atoms with Gasteiger partial charge in [-0.05, 0) is 27.6 Å². The SMILES string of the molecule is Cn1ccn(Cc2cncc(Br)c2)c(=O)c1=O. The third kappa shape index (κ3) is 2.52. The second kappa shape index (κ2) is 4.67. The molecule has 0 aromatic carbocycles. The number of aromatic nitrogens is 3. The first-order valence-electron chi connectivity index (χ1n) is 4.93. The van der Waals surface area contributed by atoms with Crippen LogP contribution in [-0.4, -0.2) is 14.1 Å². The van der Waals surface area contributed by atoms with Gasteiger partial charge in [0, 0.05) is 36.3 Å². The fourth-order valence-electron chi connectivity index (χ4n) is 1.45. The van der Waals surface area contributed by atoms with Crippen LogP contribution in [0.25, 0.3) is 0 Å². The molecule has 2 aromatic heterocycles. The van der Waals surface area contributed by atoms with Gasteiger partial charge in [0.15, 0.2) is 0 Å². The van der Waals surface area contributed by atoms with Crippen LogP contribution in [0.4, 0.5) is 0 Å². The van der Waals surface area contributed by atoms with Crippen LogP contribution in [0.1, 0.15) is 5.56 Å². The number of aryl methyl sites for hydroxylation is 1. The molecule has 0 saturated carbocycles. The Morgan fingerprint density at radius 3 is 2.71 bits per heavy atom. The lowest BCUT2D eigenvalue weighted by molar-refractivity contribution is 0.693. The van der Waals surface area contributed by atoms with Crippen molar-refractivity contribution in [2.45, 2.75) is 6.54 Å². The third-order valence-corrected chi connectivity index (χ3v) is 2.78. The zero-order valence-corrected chi connectivity index (χ0v) is 10.7. The van der Waals surface area contributed by atoms with Crippen molar-refractivity contribution in [3.8, 4) is 0 Å². The molecule has 88 valence electrons. The Labute approximate surface area is 105 Å². The summed E-state index contributed by atoms with van der Waals surface area (Å²) in [4.78, 5) is 27.1. The fourth-order valence-corrected chi connectivity index (χ4v) is 1.87. The van der Waals surface area contributed by atoms with Crippen LogP contribution in [0.5, 0.6) is 0 Å². The van der Waals surface area contributed by atoms with Crippen LogP contribution in [0.15, 0.2) is 44.9 Å². The molecular weight excluding hydrogens is 286 g/mol. The van der Waals surface area contributed by atoms with E-state index in [2.05, 4.69) is 20.9 Å². The van der Waals surface area contributed by atoms with Crippen molar-refractivity contribution in [2.75, 3.05) is 0 Å². The first-order chi connectivity index (χ1) is 8.08. The average Bonchev–Trinajstić information content (AvgIpc) is 2.30. The minimum absolute atomic E-state index is 0.335. The van der Waals surface area contributed by atoms with Gasteiger partial charge in [-0.1, -0.05) is 0 Å². The summed E-state index contributed by atoms with van der Waals surface area (Å²) in [7, 11) is 1.55. The predicted molar refractivity (Wildman–Crippen MR) is 67.0 cm³/mol. The van der Waals surface area contributed by atoms with Crippen molar-refractivity contribution < 1.29 is 0 Å². The van der Waals surface area contributed by atoms with Gasteiger partial charge in [0.25, 0.3) is 0 Å². The molecule has 0 amide bonds. The highest BCUT2D eigenvalue weighted by Crippen LogP contribution is 2.09. The summed E-state index contributed by atoms with van der Waals surface area (Å²) < 4.78 is 3.47. The van der Waals surface area contributed by atoms with Gasteiger partial charge in [0.1, 0.15) is 0 Å². The van der Waals surface area contributed by atoms with Gasteiger partial charge in [-0.3, -0.25) is 14.6 Å². The lowest BCUT2D eigenvalue weighted by Crippen LogP contribution is -2.39. The van der Waals surface area contributed by atoms with Crippen LogP contribution in [0.3, 0.4) is 0 Å². The summed E-state index contributed by atoms with van der Waals surface area (Å²) >= 11 is 3.30. The molecule has 0 spiro atoms. The van der Waals surface area contributed by atoms with E-state index in [-0.39, 0.29) is 0 Å². The van der Waals surface area contributed by atoms with Crippen molar-refractivity contribution >= 4 is 15.9 Å². The van der Waals surface area contributed by atoms with Gasteiger partial charge in [-0.25, -0.2) is 0 Å². The number of rotatable bonds is 2. The fraction of sp³-hybridized carbons (Fsp3) is 0.182. The highest BCUT2D eigenvalue weighted by molar-refractivity contribution is 9.10. The summed E-state index contributed by atoms with van der Waals surface area (Å²) in [5, 5.41) is 0. The van der Waals surface area contributed by atoms with E-state index in [0.29, 0.717) is 6.54 Å². The molecule has 0 unspecified atom stereocenters. The summed E-state index contributed by atoms with van der Waals surface area (Å²) in [6.07, 6.45) is 6.48. The smallest absolute Gasteiger partial charge is 0.312 e. The lowest BCUT2D eigenvalue weighted by atomic mass is 10.3. The monoisotopic (exact) mass is 295 g/mol. The third-order valence-electron chi connectivity index (χ3n) is 2.35. The van der Waals surface area contributed by atoms with E-state index in [1.54, 1.807) is 31.8 Å². The number of halogens is 1. The Kier molecular flexibility index (Phi) is 3.23. The van der Waals surface area contributed by atoms with Crippen LogP contribution in [-0.2, 0) is 13.6 Å². The largest absolute Gasteiger partial charge is 0.316 e. The van der Waals surface area contributed by atoms with Crippen molar-refractivity contribution in [1.82, 2.24) is 14.1 Å². The summed E-state index contributed by atoms with van der Waals surface area (Å²) in [6, 6.07) is 1.86. The Bertz CT molecular complexity index is 660. The molecule has 0 aliphatic carbocycles. The Morgan fingerprint density at radius 1 is 1.24 bits per heavy atom. The predicted octanol–water partition coefficient (Wildman–Crippen LogP) is 0.753. The Hall–Kier alpha value is -1.69. The number of pyridine rings is 1. The first kappa shape index (κ1) is 11.8. The molecule has 0 atom stereocenters. The quantitative estimate of drug-likeness (QED) is 0.769. The van der Waals surface area contributed by atoms with Crippen molar-refractivity contribution in [2.24, 2.45) is 7.05 Å². The Morgan fingerprint density at radius 2 is 2.00 bits per heavy atom. The molecule has 2 aromatic rings. The molecule has 2 heterocycles. The number of nitrogens with zero attached hydrogens (tertiary/aromatic N) is 3. The average molecular weight is 296 g/mol. The number of hydrogen-bond acceptors (Lipinski definition) is 3. The van der Waals surface area contributed by atoms with E-state index in [1.165, 1.54) is 9.13 Å². The topological polar surface area (TPSA) is 56.9 Å². The second-order valence-corrected chi connectivity index (χ2v) is 4.57. The van der Waals surface area contributed by atoms with Gasteiger partial charge >= 0.3 is 11.1 Å². The normalized spacial score (nSPS) is 10.5. The summed E-state index contributed by atoms with van der Waals surface area (Å²) in [5.74, 6) is 0. The van der Waals surface area contributed by atoms with Crippen LogP contribution < -0.4 is 11.1 Å². The molecule has 0 radical (unpaired) electrons. The van der Waals surface area contributed by atoms with Crippen LogP contribution >= 0.6 is 15.9 Å². The molecule has 2 rings (SSSR count). The van der Waals surface area contributed by atoms with Crippen LogP contribution in [0.2, 0.25) is 0 Å². The van der Waals surface area contributed by atoms with E-state index in [9.17, 15) is 9.59 Å². The molecule has 0 fully saturated rings. The van der Waals surface area contributed by atoms with Crippen molar-refractivity contribution in [3.63, 3.8) is 0 Å². The Balaban J connectivity index is 2.41. The van der Waals surface area contributed by atoms with Gasteiger partial charge < -0.3 is 9.13 Å². The molecule has 0 aliphatic rings. The highest BCUT2D eigenvalue weighted by atomic mass is 79.9. The minimum Gasteiger partial charge on any atom is -0.312 e. The van der Waals surface area contributed by atoms with Gasteiger partial charge in [0.2, 0.25) is 0 Å². The van der Waals surface area contributed by atoms with Gasteiger partial charge in [-0.2, -0.15) is 0 Å². The van der Waals surface area contributed by atoms with Crippen molar-refractivity contribution in [1.29, 1.82) is 0 Å². The maximum absolute atomic E-state index is 11.7. The van der Waals surface area contributed by atoms with E-state index < -0.39 is 11.1 Å². The standard InChI is InChI=1S/C11H10BrN3O2/c1-14-2-3-15(11(17)10(14)16)7-8-4-9(12)6-13-5-8/h2-6H,7H2,1H3. The second-order valence-electron chi connectivity index (χ2n) is 3.66.